The Morgan fingerprint density at radius 3 is 2.23 bits per heavy atom. The van der Waals surface area contributed by atoms with Gasteiger partial charge >= 0.3 is 5.97 Å². The van der Waals surface area contributed by atoms with Crippen LogP contribution in [0, 0.1) is 11.7 Å². The second-order valence-electron chi connectivity index (χ2n) is 10.9. The van der Waals surface area contributed by atoms with E-state index in [2.05, 4.69) is 5.32 Å². The lowest BCUT2D eigenvalue weighted by molar-refractivity contribution is -0.131. The van der Waals surface area contributed by atoms with Gasteiger partial charge in [0, 0.05) is 29.9 Å². The summed E-state index contributed by atoms with van der Waals surface area (Å²) in [6.45, 7) is 1.29. The summed E-state index contributed by atoms with van der Waals surface area (Å²) in [6.07, 6.45) is 3.67. The topological polar surface area (TPSA) is 92.8 Å². The van der Waals surface area contributed by atoms with E-state index in [0.717, 1.165) is 11.1 Å². The number of fused-ring (bicyclic) bond motifs is 6. The summed E-state index contributed by atoms with van der Waals surface area (Å²) in [4.78, 5) is 57.0. The molecule has 4 atom stereocenters. The smallest absolute Gasteiger partial charge is 0.308 e. The van der Waals surface area contributed by atoms with Crippen LogP contribution in [0.5, 0.6) is 5.75 Å². The molecule has 1 fully saturated rings. The number of Topliss-reactive ketones (excluding diaryl/α,β-unsaturated/α-hetero) is 2. The normalized spacial score (nSPS) is 22.9. The van der Waals surface area contributed by atoms with Crippen molar-refractivity contribution in [3.8, 4) is 5.75 Å². The molecule has 3 aliphatic rings. The van der Waals surface area contributed by atoms with Gasteiger partial charge in [-0.3, -0.25) is 19.2 Å². The van der Waals surface area contributed by atoms with Crippen molar-refractivity contribution < 1.29 is 28.3 Å². The predicted molar refractivity (Wildman–Crippen MR) is 157 cm³/mol. The van der Waals surface area contributed by atoms with E-state index in [4.69, 9.17) is 4.74 Å². The molecular formula is C35H25FN2O5. The van der Waals surface area contributed by atoms with E-state index in [0.29, 0.717) is 11.3 Å². The van der Waals surface area contributed by atoms with Crippen LogP contribution in [0.4, 0.5) is 10.1 Å². The van der Waals surface area contributed by atoms with Crippen molar-refractivity contribution in [2.24, 2.45) is 5.92 Å². The van der Waals surface area contributed by atoms with Crippen molar-refractivity contribution in [2.45, 2.75) is 24.4 Å². The molecule has 1 N–H and O–H groups in total. The fourth-order valence-corrected chi connectivity index (χ4v) is 6.99. The molecule has 3 heterocycles. The number of carbonyl (C=O) groups excluding carboxylic acids is 4. The van der Waals surface area contributed by atoms with Gasteiger partial charge in [0.1, 0.15) is 23.0 Å². The summed E-state index contributed by atoms with van der Waals surface area (Å²) in [5.74, 6) is -3.10. The molecule has 4 aromatic rings. The molecule has 0 aliphatic carbocycles. The third-order valence-electron chi connectivity index (χ3n) is 8.65. The van der Waals surface area contributed by atoms with Gasteiger partial charge in [-0.1, -0.05) is 42.5 Å². The number of halogens is 1. The quantitative estimate of drug-likeness (QED) is 0.187. The molecule has 43 heavy (non-hydrogen) atoms. The minimum Gasteiger partial charge on any atom is -0.427 e. The van der Waals surface area contributed by atoms with Crippen molar-refractivity contribution in [1.29, 1.82) is 0 Å². The van der Waals surface area contributed by atoms with E-state index in [1.54, 1.807) is 24.4 Å². The van der Waals surface area contributed by atoms with Gasteiger partial charge in [-0.05, 0) is 77.4 Å². The molecule has 7 rings (SSSR count). The van der Waals surface area contributed by atoms with E-state index in [-0.39, 0.29) is 28.6 Å². The zero-order valence-corrected chi connectivity index (χ0v) is 23.0. The highest BCUT2D eigenvalue weighted by Crippen LogP contribution is 2.62. The number of rotatable bonds is 5. The minimum atomic E-state index is -1.49. The van der Waals surface area contributed by atoms with Gasteiger partial charge in [0.05, 0.1) is 12.0 Å². The Balaban J connectivity index is 1.48. The van der Waals surface area contributed by atoms with Gasteiger partial charge in [-0.25, -0.2) is 4.39 Å². The molecule has 3 aliphatic heterocycles. The van der Waals surface area contributed by atoms with Gasteiger partial charge in [-0.2, -0.15) is 0 Å². The van der Waals surface area contributed by atoms with Crippen LogP contribution in [0.2, 0.25) is 0 Å². The highest BCUT2D eigenvalue weighted by atomic mass is 19.1. The first-order chi connectivity index (χ1) is 20.8. The van der Waals surface area contributed by atoms with Crippen LogP contribution >= 0.6 is 0 Å². The van der Waals surface area contributed by atoms with Crippen LogP contribution in [0.25, 0.3) is 6.08 Å². The van der Waals surface area contributed by atoms with Gasteiger partial charge in [0.15, 0.2) is 11.6 Å². The number of benzene rings is 4. The number of hydrogen-bond donors (Lipinski definition) is 1. The number of para-hydroxylation sites is 1. The first kappa shape index (κ1) is 26.5. The zero-order chi connectivity index (χ0) is 29.9. The Morgan fingerprint density at radius 1 is 0.837 bits per heavy atom. The molecule has 8 heteroatoms. The molecule has 4 aromatic carbocycles. The molecule has 0 unspecified atom stereocenters. The van der Waals surface area contributed by atoms with Crippen LogP contribution in [0.1, 0.15) is 50.4 Å². The Morgan fingerprint density at radius 2 is 1.49 bits per heavy atom. The Bertz CT molecular complexity index is 1850. The van der Waals surface area contributed by atoms with Crippen molar-refractivity contribution >= 4 is 35.2 Å². The molecule has 1 amide bonds. The Hall–Kier alpha value is -5.37. The van der Waals surface area contributed by atoms with Crippen LogP contribution in [-0.2, 0) is 15.0 Å². The number of carbonyl (C=O) groups is 4. The van der Waals surface area contributed by atoms with Crippen molar-refractivity contribution in [3.63, 3.8) is 0 Å². The average Bonchev–Trinajstić information content (AvgIpc) is 3.49. The standard InChI is InChI=1S/C35H25FN2O5/c1-20(39)43-25-16-12-23(13-17-25)32(41)30-29(31(40)22-10-14-24(36)15-11-22)35(27-8-4-5-9-28(27)37-34(35)42)33-26-7-3-2-6-21(26)18-19-38(30)33/h2-19,29-30,33H,1H3,(H,37,42)/t29-,30+,33+,35-/m1/s1. The molecule has 0 bridgehead atoms. The van der Waals surface area contributed by atoms with Gasteiger partial charge in [0.2, 0.25) is 5.91 Å². The summed E-state index contributed by atoms with van der Waals surface area (Å²) in [5.41, 5.74) is 1.90. The molecule has 212 valence electrons. The predicted octanol–water partition coefficient (Wildman–Crippen LogP) is 5.73. The monoisotopic (exact) mass is 572 g/mol. The minimum absolute atomic E-state index is 0.197. The number of hydrogen-bond acceptors (Lipinski definition) is 6. The number of ether oxygens (including phenoxy) is 1. The molecule has 7 nitrogen and oxygen atoms in total. The number of anilines is 1. The molecule has 1 saturated heterocycles. The summed E-state index contributed by atoms with van der Waals surface area (Å²) >= 11 is 0. The number of nitrogens with zero attached hydrogens (tertiary/aromatic N) is 1. The fourth-order valence-electron chi connectivity index (χ4n) is 6.99. The summed E-state index contributed by atoms with van der Waals surface area (Å²) in [5, 5.41) is 3.00. The second-order valence-corrected chi connectivity index (χ2v) is 10.9. The van der Waals surface area contributed by atoms with Gasteiger partial charge in [-0.15, -0.1) is 0 Å². The van der Waals surface area contributed by atoms with E-state index >= 15 is 0 Å². The lowest BCUT2D eigenvalue weighted by Crippen LogP contribution is -2.49. The Labute approximate surface area is 246 Å². The zero-order valence-electron chi connectivity index (χ0n) is 23.0. The number of amides is 1. The van der Waals surface area contributed by atoms with E-state index in [9.17, 15) is 23.6 Å². The maximum atomic E-state index is 14.7. The molecule has 0 radical (unpaired) electrons. The van der Waals surface area contributed by atoms with Crippen molar-refractivity contribution in [2.75, 3.05) is 5.32 Å². The third-order valence-corrected chi connectivity index (χ3v) is 8.65. The molecule has 1 spiro atoms. The number of ketones is 2. The average molecular weight is 573 g/mol. The van der Waals surface area contributed by atoms with Gasteiger partial charge in [0.25, 0.3) is 0 Å². The van der Waals surface area contributed by atoms with Crippen LogP contribution < -0.4 is 10.1 Å². The number of esters is 1. The maximum absolute atomic E-state index is 14.7. The second kappa shape index (κ2) is 9.87. The third kappa shape index (κ3) is 3.94. The fraction of sp³-hybridized carbons (Fsp3) is 0.143. The molecular weight excluding hydrogens is 547 g/mol. The van der Waals surface area contributed by atoms with Crippen LogP contribution in [0.3, 0.4) is 0 Å². The van der Waals surface area contributed by atoms with E-state index < -0.39 is 41.0 Å². The van der Waals surface area contributed by atoms with Crippen molar-refractivity contribution in [3.05, 3.63) is 137 Å². The first-order valence-electron chi connectivity index (χ1n) is 13.9. The highest BCUT2D eigenvalue weighted by Gasteiger charge is 2.70. The van der Waals surface area contributed by atoms with Gasteiger partial charge < -0.3 is 15.0 Å². The number of nitrogens with one attached hydrogen (secondary N) is 1. The van der Waals surface area contributed by atoms with Crippen LogP contribution in [-0.4, -0.2) is 34.4 Å². The Kier molecular flexibility index (Phi) is 6.09. The largest absolute Gasteiger partial charge is 0.427 e. The molecule has 0 saturated carbocycles. The maximum Gasteiger partial charge on any atom is 0.308 e. The SMILES string of the molecule is CC(=O)Oc1ccc(C(=O)[C@@H]2[C@H](C(=O)c3ccc(F)cc3)[C@@]3(C(=O)Nc4ccccc43)[C@@H]3c4ccccc4C=CN23)cc1. The van der Waals surface area contributed by atoms with Crippen LogP contribution in [0.15, 0.2) is 103 Å². The van der Waals surface area contributed by atoms with Crippen molar-refractivity contribution in [1.82, 2.24) is 4.90 Å². The molecule has 0 aromatic heterocycles. The highest BCUT2D eigenvalue weighted by molar-refractivity contribution is 6.16. The van der Waals surface area contributed by atoms with E-state index in [1.807, 2.05) is 53.4 Å². The summed E-state index contributed by atoms with van der Waals surface area (Å²) in [7, 11) is 0. The van der Waals surface area contributed by atoms with E-state index in [1.165, 1.54) is 43.3 Å². The lowest BCUT2D eigenvalue weighted by atomic mass is 9.62. The first-order valence-corrected chi connectivity index (χ1v) is 13.9. The summed E-state index contributed by atoms with van der Waals surface area (Å²) in [6, 6.07) is 24.4. The summed E-state index contributed by atoms with van der Waals surface area (Å²) < 4.78 is 19.1. The lowest BCUT2D eigenvalue weighted by Gasteiger charge is -2.38.